The Labute approximate surface area is 180 Å². The molecule has 158 valence electrons. The highest BCUT2D eigenvalue weighted by molar-refractivity contribution is 5.67. The molecule has 4 atom stereocenters. The Bertz CT molecular complexity index is 1190. The molecule has 1 aliphatic rings. The fourth-order valence-electron chi connectivity index (χ4n) is 4.08. The summed E-state index contributed by atoms with van der Waals surface area (Å²) in [6.45, 7) is 1.94. The molecule has 1 saturated carbocycles. The van der Waals surface area contributed by atoms with Crippen molar-refractivity contribution in [2.24, 2.45) is 5.92 Å². The summed E-state index contributed by atoms with van der Waals surface area (Å²) in [5.74, 6) is 2.25. The second-order valence-corrected chi connectivity index (χ2v) is 8.02. The number of aliphatic hydroxyl groups excluding tert-OH is 2. The second kappa shape index (κ2) is 8.02. The molecule has 2 aromatic carbocycles. The summed E-state index contributed by atoms with van der Waals surface area (Å²) in [7, 11) is 0. The highest BCUT2D eigenvalue weighted by Gasteiger charge is 2.39. The van der Waals surface area contributed by atoms with Crippen LogP contribution in [0.1, 0.15) is 13.3 Å². The molecular formula is C24H24N4O3. The van der Waals surface area contributed by atoms with Crippen LogP contribution >= 0.6 is 0 Å². The first-order valence-corrected chi connectivity index (χ1v) is 10.4. The summed E-state index contributed by atoms with van der Waals surface area (Å²) in [5.41, 5.74) is 2.37. The molecule has 1 aliphatic carbocycles. The largest absolute Gasteiger partial charge is 0.457 e. The number of benzene rings is 2. The van der Waals surface area contributed by atoms with Crippen LogP contribution in [0.15, 0.2) is 72.9 Å². The molecule has 0 bridgehead atoms. The van der Waals surface area contributed by atoms with Gasteiger partial charge >= 0.3 is 0 Å². The molecule has 2 heterocycles. The Morgan fingerprint density at radius 3 is 2.55 bits per heavy atom. The van der Waals surface area contributed by atoms with Crippen molar-refractivity contribution >= 4 is 11.5 Å². The standard InChI is InChI=1S/C24H24N4O3/c1-15-12-20(24(30)23(15)29)26-21-10-11-25-22-14-19(27-28(21)22)16-6-5-9-18(13-16)31-17-7-3-2-4-8-17/h2-11,13-15,20,23-24,26,29-30H,12H2,1H3/t15-,20-,23-,24+/m1/s1. The van der Waals surface area contributed by atoms with E-state index in [0.29, 0.717) is 12.1 Å². The molecule has 0 aliphatic heterocycles. The lowest BCUT2D eigenvalue weighted by atomic mass is 10.1. The van der Waals surface area contributed by atoms with Crippen LogP contribution in [0.5, 0.6) is 11.5 Å². The van der Waals surface area contributed by atoms with Gasteiger partial charge in [-0.05, 0) is 42.7 Å². The van der Waals surface area contributed by atoms with Gasteiger partial charge in [0.2, 0.25) is 0 Å². The van der Waals surface area contributed by atoms with Crippen LogP contribution in [-0.2, 0) is 0 Å². The molecule has 0 spiro atoms. The van der Waals surface area contributed by atoms with Gasteiger partial charge in [0.25, 0.3) is 0 Å². The highest BCUT2D eigenvalue weighted by Crippen LogP contribution is 2.30. The normalized spacial score (nSPS) is 23.2. The van der Waals surface area contributed by atoms with E-state index in [-0.39, 0.29) is 12.0 Å². The lowest BCUT2D eigenvalue weighted by molar-refractivity contribution is 0.0210. The summed E-state index contributed by atoms with van der Waals surface area (Å²) >= 11 is 0. The number of aromatic nitrogens is 3. The first-order chi connectivity index (χ1) is 15.1. The quantitative estimate of drug-likeness (QED) is 0.459. The zero-order valence-corrected chi connectivity index (χ0v) is 17.1. The topological polar surface area (TPSA) is 91.9 Å². The number of aliphatic hydroxyl groups is 2. The Balaban J connectivity index is 1.43. The van der Waals surface area contributed by atoms with Crippen LogP contribution in [0, 0.1) is 5.92 Å². The number of ether oxygens (including phenoxy) is 1. The van der Waals surface area contributed by atoms with Gasteiger partial charge in [-0.2, -0.15) is 9.61 Å². The Hall–Kier alpha value is -3.42. The van der Waals surface area contributed by atoms with Crippen molar-refractivity contribution in [1.82, 2.24) is 14.6 Å². The minimum atomic E-state index is -0.819. The van der Waals surface area contributed by atoms with Crippen LogP contribution in [-0.4, -0.2) is 43.1 Å². The van der Waals surface area contributed by atoms with Crippen LogP contribution in [0.3, 0.4) is 0 Å². The number of rotatable bonds is 5. The maximum atomic E-state index is 10.3. The van der Waals surface area contributed by atoms with Crippen LogP contribution in [0.2, 0.25) is 0 Å². The van der Waals surface area contributed by atoms with Crippen molar-refractivity contribution in [3.8, 4) is 22.8 Å². The van der Waals surface area contributed by atoms with Gasteiger partial charge in [-0.1, -0.05) is 37.3 Å². The molecule has 0 amide bonds. The van der Waals surface area contributed by atoms with Gasteiger partial charge in [-0.15, -0.1) is 0 Å². The number of fused-ring (bicyclic) bond motifs is 1. The van der Waals surface area contributed by atoms with Gasteiger partial charge in [-0.25, -0.2) is 4.98 Å². The number of para-hydroxylation sites is 1. The monoisotopic (exact) mass is 416 g/mol. The zero-order chi connectivity index (χ0) is 21.4. The highest BCUT2D eigenvalue weighted by atomic mass is 16.5. The molecule has 5 rings (SSSR count). The van der Waals surface area contributed by atoms with E-state index in [1.807, 2.05) is 73.7 Å². The van der Waals surface area contributed by atoms with E-state index >= 15 is 0 Å². The van der Waals surface area contributed by atoms with Crippen molar-refractivity contribution < 1.29 is 14.9 Å². The predicted molar refractivity (Wildman–Crippen MR) is 118 cm³/mol. The maximum absolute atomic E-state index is 10.3. The van der Waals surface area contributed by atoms with Crippen molar-refractivity contribution in [2.75, 3.05) is 5.32 Å². The van der Waals surface area contributed by atoms with Crippen molar-refractivity contribution in [1.29, 1.82) is 0 Å². The van der Waals surface area contributed by atoms with E-state index in [4.69, 9.17) is 9.84 Å². The first-order valence-electron chi connectivity index (χ1n) is 10.4. The molecule has 7 nitrogen and oxygen atoms in total. The van der Waals surface area contributed by atoms with E-state index in [2.05, 4.69) is 10.3 Å². The van der Waals surface area contributed by atoms with Crippen LogP contribution < -0.4 is 10.1 Å². The predicted octanol–water partition coefficient (Wildman–Crippen LogP) is 3.73. The van der Waals surface area contributed by atoms with Gasteiger partial charge < -0.3 is 20.3 Å². The molecule has 3 N–H and O–H groups in total. The number of hydrogen-bond donors (Lipinski definition) is 3. The van der Waals surface area contributed by atoms with Crippen molar-refractivity contribution in [3.63, 3.8) is 0 Å². The van der Waals surface area contributed by atoms with E-state index < -0.39 is 12.2 Å². The molecular weight excluding hydrogens is 392 g/mol. The summed E-state index contributed by atoms with van der Waals surface area (Å²) in [4.78, 5) is 4.42. The summed E-state index contributed by atoms with van der Waals surface area (Å²) < 4.78 is 7.67. The second-order valence-electron chi connectivity index (χ2n) is 8.02. The smallest absolute Gasteiger partial charge is 0.157 e. The molecule has 4 aromatic rings. The number of anilines is 1. The van der Waals surface area contributed by atoms with Crippen molar-refractivity contribution in [3.05, 3.63) is 72.9 Å². The third-order valence-electron chi connectivity index (χ3n) is 5.77. The molecule has 2 aromatic heterocycles. The Morgan fingerprint density at radius 1 is 0.968 bits per heavy atom. The molecule has 0 saturated heterocycles. The average Bonchev–Trinajstić information content (AvgIpc) is 3.33. The van der Waals surface area contributed by atoms with Crippen LogP contribution in [0.25, 0.3) is 16.9 Å². The molecule has 7 heteroatoms. The lowest BCUT2D eigenvalue weighted by Crippen LogP contribution is -2.35. The van der Waals surface area contributed by atoms with Crippen LogP contribution in [0.4, 0.5) is 5.82 Å². The fraction of sp³-hybridized carbons (Fsp3) is 0.250. The van der Waals surface area contributed by atoms with E-state index in [1.54, 1.807) is 10.7 Å². The third-order valence-corrected chi connectivity index (χ3v) is 5.77. The van der Waals surface area contributed by atoms with Gasteiger partial charge in [0.1, 0.15) is 23.4 Å². The van der Waals surface area contributed by atoms with E-state index in [0.717, 1.165) is 28.6 Å². The summed E-state index contributed by atoms with van der Waals surface area (Å²) in [6.07, 6.45) is 0.841. The summed E-state index contributed by atoms with van der Waals surface area (Å²) in [6, 6.07) is 20.9. The minimum Gasteiger partial charge on any atom is -0.457 e. The number of hydrogen-bond acceptors (Lipinski definition) is 6. The molecule has 1 fully saturated rings. The Morgan fingerprint density at radius 2 is 1.77 bits per heavy atom. The fourth-order valence-corrected chi connectivity index (χ4v) is 4.08. The SMILES string of the molecule is C[C@@H]1C[C@@H](Nc2ccnc3cc(-c4cccc(Oc5ccccc5)c4)nn23)[C@H](O)[C@@H]1O. The Kier molecular flexibility index (Phi) is 5.05. The average molecular weight is 416 g/mol. The van der Waals surface area contributed by atoms with E-state index in [1.165, 1.54) is 0 Å². The van der Waals surface area contributed by atoms with Gasteiger partial charge in [0, 0.05) is 17.8 Å². The molecule has 0 radical (unpaired) electrons. The first kappa shape index (κ1) is 19.5. The van der Waals surface area contributed by atoms with Crippen molar-refractivity contribution in [2.45, 2.75) is 31.6 Å². The van der Waals surface area contributed by atoms with E-state index in [9.17, 15) is 10.2 Å². The third kappa shape index (κ3) is 3.85. The lowest BCUT2D eigenvalue weighted by Gasteiger charge is -2.19. The minimum absolute atomic E-state index is 0.0327. The molecule has 31 heavy (non-hydrogen) atoms. The van der Waals surface area contributed by atoms with Gasteiger partial charge in [0.15, 0.2) is 5.65 Å². The van der Waals surface area contributed by atoms with Gasteiger partial charge in [-0.3, -0.25) is 0 Å². The summed E-state index contributed by atoms with van der Waals surface area (Å²) in [5, 5.41) is 28.5. The zero-order valence-electron chi connectivity index (χ0n) is 17.1. The molecule has 0 unspecified atom stereocenters. The van der Waals surface area contributed by atoms with Gasteiger partial charge in [0.05, 0.1) is 17.8 Å². The maximum Gasteiger partial charge on any atom is 0.157 e. The number of nitrogens with zero attached hydrogens (tertiary/aromatic N) is 3. The number of nitrogens with one attached hydrogen (secondary N) is 1.